The Hall–Kier alpha value is -2.00. The lowest BCUT2D eigenvalue weighted by Gasteiger charge is -2.06. The van der Waals surface area contributed by atoms with E-state index in [9.17, 15) is 23.3 Å². The molecule has 0 fully saturated rings. The Labute approximate surface area is 122 Å². The van der Waals surface area contributed by atoms with Gasteiger partial charge in [-0.05, 0) is 12.5 Å². The SMILES string of the molecule is CCCCCOC(=O)c1cc([N+](=O)[O-])cc(S(N)(=O)=O)c1. The molecule has 0 aliphatic carbocycles. The molecule has 0 radical (unpaired) electrons. The van der Waals surface area contributed by atoms with Gasteiger partial charge in [-0.25, -0.2) is 18.4 Å². The van der Waals surface area contributed by atoms with Gasteiger partial charge in [-0.2, -0.15) is 0 Å². The zero-order valence-corrected chi connectivity index (χ0v) is 12.3. The molecule has 9 heteroatoms. The minimum Gasteiger partial charge on any atom is -0.462 e. The maximum atomic E-state index is 11.8. The molecule has 1 aromatic carbocycles. The fourth-order valence-electron chi connectivity index (χ4n) is 1.57. The lowest BCUT2D eigenvalue weighted by Crippen LogP contribution is -2.14. The molecule has 0 bridgehead atoms. The van der Waals surface area contributed by atoms with E-state index in [1.54, 1.807) is 0 Å². The molecule has 0 atom stereocenters. The Morgan fingerprint density at radius 1 is 1.33 bits per heavy atom. The van der Waals surface area contributed by atoms with Crippen LogP contribution in [0.3, 0.4) is 0 Å². The summed E-state index contributed by atoms with van der Waals surface area (Å²) in [6, 6.07) is 2.71. The van der Waals surface area contributed by atoms with E-state index >= 15 is 0 Å². The number of unbranched alkanes of at least 4 members (excludes halogenated alkanes) is 2. The molecule has 0 heterocycles. The molecule has 0 spiro atoms. The number of hydrogen-bond donors (Lipinski definition) is 1. The van der Waals surface area contributed by atoms with Gasteiger partial charge in [0, 0.05) is 12.1 Å². The first-order valence-electron chi connectivity index (χ1n) is 6.25. The van der Waals surface area contributed by atoms with Gasteiger partial charge in [0.1, 0.15) is 0 Å². The fraction of sp³-hybridized carbons (Fsp3) is 0.417. The molecule has 0 aliphatic rings. The second kappa shape index (κ2) is 7.14. The summed E-state index contributed by atoms with van der Waals surface area (Å²) in [4.78, 5) is 21.2. The van der Waals surface area contributed by atoms with Crippen LogP contribution < -0.4 is 5.14 Å². The number of esters is 1. The molecule has 0 aromatic heterocycles. The van der Waals surface area contributed by atoms with Gasteiger partial charge in [-0.15, -0.1) is 0 Å². The van der Waals surface area contributed by atoms with Crippen molar-refractivity contribution in [3.63, 3.8) is 0 Å². The van der Waals surface area contributed by atoms with Crippen molar-refractivity contribution in [1.82, 2.24) is 0 Å². The van der Waals surface area contributed by atoms with Gasteiger partial charge in [0.25, 0.3) is 5.69 Å². The minimum atomic E-state index is -4.16. The number of rotatable bonds is 7. The second-order valence-corrected chi connectivity index (χ2v) is 5.92. The van der Waals surface area contributed by atoms with E-state index in [0.717, 1.165) is 31.0 Å². The molecule has 0 aliphatic heterocycles. The number of nitro benzene ring substituents is 1. The standard InChI is InChI=1S/C12H16N2O6S/c1-2-3-4-5-20-12(15)9-6-10(14(16)17)8-11(7-9)21(13,18)19/h6-8H,2-5H2,1H3,(H2,13,18,19). The molecule has 1 rings (SSSR count). The van der Waals surface area contributed by atoms with Gasteiger partial charge in [0.05, 0.1) is 22.0 Å². The van der Waals surface area contributed by atoms with E-state index in [4.69, 9.17) is 9.88 Å². The second-order valence-electron chi connectivity index (χ2n) is 4.36. The summed E-state index contributed by atoms with van der Waals surface area (Å²) >= 11 is 0. The number of non-ortho nitro benzene ring substituents is 1. The van der Waals surface area contributed by atoms with E-state index in [2.05, 4.69) is 0 Å². The van der Waals surface area contributed by atoms with Crippen molar-refractivity contribution in [1.29, 1.82) is 0 Å². The number of benzene rings is 1. The van der Waals surface area contributed by atoms with Gasteiger partial charge in [0.15, 0.2) is 0 Å². The molecule has 0 amide bonds. The lowest BCUT2D eigenvalue weighted by molar-refractivity contribution is -0.385. The Kier molecular flexibility index (Phi) is 5.79. The van der Waals surface area contributed by atoms with Crippen molar-refractivity contribution in [2.75, 3.05) is 6.61 Å². The van der Waals surface area contributed by atoms with E-state index < -0.39 is 31.5 Å². The highest BCUT2D eigenvalue weighted by atomic mass is 32.2. The van der Waals surface area contributed by atoms with Crippen LogP contribution in [0.25, 0.3) is 0 Å². The van der Waals surface area contributed by atoms with Crippen molar-refractivity contribution >= 4 is 21.7 Å². The predicted molar refractivity (Wildman–Crippen MR) is 74.3 cm³/mol. The summed E-state index contributed by atoms with van der Waals surface area (Å²) in [5.41, 5.74) is -0.758. The molecular weight excluding hydrogens is 300 g/mol. The summed E-state index contributed by atoms with van der Waals surface area (Å²) in [6.45, 7) is 2.15. The van der Waals surface area contributed by atoms with Crippen LogP contribution in [-0.2, 0) is 14.8 Å². The number of carbonyl (C=O) groups is 1. The molecular formula is C12H16N2O6S. The third-order valence-corrected chi connectivity index (χ3v) is 3.54. The van der Waals surface area contributed by atoms with E-state index in [1.165, 1.54) is 0 Å². The van der Waals surface area contributed by atoms with Crippen LogP contribution in [0, 0.1) is 10.1 Å². The normalized spacial score (nSPS) is 11.1. The van der Waals surface area contributed by atoms with Crippen LogP contribution in [0.2, 0.25) is 0 Å². The first kappa shape index (κ1) is 17.1. The smallest absolute Gasteiger partial charge is 0.338 e. The van der Waals surface area contributed by atoms with Crippen LogP contribution in [0.1, 0.15) is 36.5 Å². The van der Waals surface area contributed by atoms with Gasteiger partial charge in [0.2, 0.25) is 10.0 Å². The highest BCUT2D eigenvalue weighted by Crippen LogP contribution is 2.20. The molecule has 8 nitrogen and oxygen atoms in total. The van der Waals surface area contributed by atoms with E-state index in [0.29, 0.717) is 6.42 Å². The number of primary sulfonamides is 1. The molecule has 1 aromatic rings. The fourth-order valence-corrected chi connectivity index (χ4v) is 2.15. The maximum Gasteiger partial charge on any atom is 0.338 e. The number of nitrogens with zero attached hydrogens (tertiary/aromatic N) is 1. The Morgan fingerprint density at radius 3 is 2.52 bits per heavy atom. The maximum absolute atomic E-state index is 11.8. The number of sulfonamides is 1. The Balaban J connectivity index is 3.03. The van der Waals surface area contributed by atoms with Crippen molar-refractivity contribution in [2.24, 2.45) is 5.14 Å². The summed E-state index contributed by atoms with van der Waals surface area (Å²) in [5.74, 6) is -0.820. The van der Waals surface area contributed by atoms with Crippen LogP contribution in [0.4, 0.5) is 5.69 Å². The number of nitrogens with two attached hydrogens (primary N) is 1. The highest BCUT2D eigenvalue weighted by Gasteiger charge is 2.20. The average molecular weight is 316 g/mol. The topological polar surface area (TPSA) is 130 Å². The first-order chi connectivity index (χ1) is 9.75. The Bertz CT molecular complexity index is 641. The van der Waals surface area contributed by atoms with Gasteiger partial charge < -0.3 is 4.74 Å². The zero-order valence-electron chi connectivity index (χ0n) is 11.4. The van der Waals surface area contributed by atoms with Crippen molar-refractivity contribution in [3.05, 3.63) is 33.9 Å². The van der Waals surface area contributed by atoms with Gasteiger partial charge in [-0.3, -0.25) is 10.1 Å². The number of hydrogen-bond acceptors (Lipinski definition) is 6. The molecule has 0 saturated carbocycles. The van der Waals surface area contributed by atoms with Gasteiger partial charge >= 0.3 is 5.97 Å². The summed E-state index contributed by atoms with van der Waals surface area (Å²) in [7, 11) is -4.16. The minimum absolute atomic E-state index is 0.167. The Morgan fingerprint density at radius 2 is 2.00 bits per heavy atom. The van der Waals surface area contributed by atoms with Crippen molar-refractivity contribution in [3.8, 4) is 0 Å². The quantitative estimate of drug-likeness (QED) is 0.352. The van der Waals surface area contributed by atoms with Gasteiger partial charge in [-0.1, -0.05) is 19.8 Å². The average Bonchev–Trinajstić information content (AvgIpc) is 2.41. The number of carbonyl (C=O) groups excluding carboxylic acids is 1. The van der Waals surface area contributed by atoms with Crippen LogP contribution in [0.15, 0.2) is 23.1 Å². The summed E-state index contributed by atoms with van der Waals surface area (Å²) in [6.07, 6.45) is 2.49. The largest absolute Gasteiger partial charge is 0.462 e. The third kappa shape index (κ3) is 5.12. The number of ether oxygens (including phenoxy) is 1. The predicted octanol–water partition coefficient (Wildman–Crippen LogP) is 1.59. The van der Waals surface area contributed by atoms with Crippen LogP contribution in [-0.4, -0.2) is 25.9 Å². The summed E-state index contributed by atoms with van der Waals surface area (Å²) < 4.78 is 27.5. The van der Waals surface area contributed by atoms with Crippen molar-refractivity contribution < 1.29 is 22.9 Å². The zero-order chi connectivity index (χ0) is 16.0. The molecule has 0 saturated heterocycles. The third-order valence-electron chi connectivity index (χ3n) is 2.65. The van der Waals surface area contributed by atoms with Crippen molar-refractivity contribution in [2.45, 2.75) is 31.1 Å². The molecule has 21 heavy (non-hydrogen) atoms. The van der Waals surface area contributed by atoms with E-state index in [-0.39, 0.29) is 12.2 Å². The molecule has 116 valence electrons. The van der Waals surface area contributed by atoms with Crippen LogP contribution >= 0.6 is 0 Å². The van der Waals surface area contributed by atoms with E-state index in [1.807, 2.05) is 6.92 Å². The monoisotopic (exact) mass is 316 g/mol. The summed E-state index contributed by atoms with van der Waals surface area (Å²) in [5, 5.41) is 15.7. The number of nitro groups is 1. The highest BCUT2D eigenvalue weighted by molar-refractivity contribution is 7.89. The molecule has 2 N–H and O–H groups in total. The van der Waals surface area contributed by atoms with Crippen LogP contribution in [0.5, 0.6) is 0 Å². The lowest BCUT2D eigenvalue weighted by atomic mass is 10.2. The molecule has 0 unspecified atom stereocenters. The first-order valence-corrected chi connectivity index (χ1v) is 7.79.